The standard InChI is InChI=1S/C40H27N3OSi/c1-45(2)34-19-11-8-15-26(34)28-20-21-30-36(24-12-4-3-5-13-24)41-40(42-37(30)39(28)45)43-31-17-9-6-14-25(31)27-22-23-33-35(38(27)43)29-16-7-10-18-32(29)44-33/h3-23H,1-2H3. The molecule has 3 aromatic heterocycles. The predicted octanol–water partition coefficient (Wildman–Crippen LogP) is 9.10. The van der Waals surface area contributed by atoms with Gasteiger partial charge in [0.2, 0.25) is 5.95 Å². The quantitative estimate of drug-likeness (QED) is 0.188. The van der Waals surface area contributed by atoms with E-state index in [-0.39, 0.29) is 0 Å². The van der Waals surface area contributed by atoms with Crippen LogP contribution in [-0.4, -0.2) is 22.6 Å². The molecule has 0 fully saturated rings. The van der Waals surface area contributed by atoms with Gasteiger partial charge in [-0.1, -0.05) is 110 Å². The Balaban J connectivity index is 1.41. The van der Waals surface area contributed by atoms with E-state index in [1.165, 1.54) is 26.9 Å². The number of fused-ring (bicyclic) bond motifs is 12. The molecule has 0 bridgehead atoms. The van der Waals surface area contributed by atoms with Gasteiger partial charge in [0, 0.05) is 27.1 Å². The molecule has 0 atom stereocenters. The molecule has 1 aliphatic rings. The van der Waals surface area contributed by atoms with Crippen LogP contribution in [0.1, 0.15) is 0 Å². The lowest BCUT2D eigenvalue weighted by Crippen LogP contribution is -2.49. The maximum atomic E-state index is 6.39. The Labute approximate surface area is 260 Å². The summed E-state index contributed by atoms with van der Waals surface area (Å²) >= 11 is 0. The molecule has 0 aliphatic carbocycles. The Morgan fingerprint density at radius 3 is 2.20 bits per heavy atom. The second-order valence-electron chi connectivity index (χ2n) is 12.6. The monoisotopic (exact) mass is 593 g/mol. The van der Waals surface area contributed by atoms with Crippen molar-refractivity contribution in [3.63, 3.8) is 0 Å². The minimum Gasteiger partial charge on any atom is -0.456 e. The van der Waals surface area contributed by atoms with Gasteiger partial charge in [-0.05, 0) is 51.8 Å². The lowest BCUT2D eigenvalue weighted by Gasteiger charge is -2.21. The van der Waals surface area contributed by atoms with Gasteiger partial charge in [0.1, 0.15) is 19.2 Å². The zero-order chi connectivity index (χ0) is 29.9. The minimum atomic E-state index is -2.07. The van der Waals surface area contributed by atoms with E-state index in [0.29, 0.717) is 5.95 Å². The summed E-state index contributed by atoms with van der Waals surface area (Å²) in [6.45, 7) is 4.92. The summed E-state index contributed by atoms with van der Waals surface area (Å²) in [5.74, 6) is 0.680. The van der Waals surface area contributed by atoms with Crippen LogP contribution in [0.2, 0.25) is 13.1 Å². The number of nitrogens with zero attached hydrogens (tertiary/aromatic N) is 3. The van der Waals surface area contributed by atoms with Gasteiger partial charge in [-0.25, -0.2) is 9.97 Å². The molecule has 212 valence electrons. The molecule has 0 saturated heterocycles. The summed E-state index contributed by atoms with van der Waals surface area (Å²) in [6.07, 6.45) is 0. The van der Waals surface area contributed by atoms with Crippen LogP contribution in [0.15, 0.2) is 132 Å². The number of rotatable bonds is 2. The van der Waals surface area contributed by atoms with E-state index in [1.807, 2.05) is 12.1 Å². The first-order chi connectivity index (χ1) is 22.1. The van der Waals surface area contributed by atoms with Gasteiger partial charge in [0.05, 0.1) is 27.6 Å². The van der Waals surface area contributed by atoms with Crippen molar-refractivity contribution in [3.8, 4) is 28.3 Å². The Morgan fingerprint density at radius 2 is 1.31 bits per heavy atom. The summed E-state index contributed by atoms with van der Waals surface area (Å²) < 4.78 is 8.66. The third kappa shape index (κ3) is 3.25. The minimum absolute atomic E-state index is 0.680. The topological polar surface area (TPSA) is 43.9 Å². The van der Waals surface area contributed by atoms with Gasteiger partial charge < -0.3 is 4.42 Å². The highest BCUT2D eigenvalue weighted by atomic mass is 28.3. The van der Waals surface area contributed by atoms with Gasteiger partial charge in [-0.2, -0.15) is 0 Å². The molecule has 5 heteroatoms. The molecule has 45 heavy (non-hydrogen) atoms. The maximum absolute atomic E-state index is 6.39. The van der Waals surface area contributed by atoms with Crippen LogP contribution < -0.4 is 10.4 Å². The Morgan fingerprint density at radius 1 is 0.578 bits per heavy atom. The number of para-hydroxylation sites is 2. The Bertz CT molecular complexity index is 2680. The second-order valence-corrected chi connectivity index (χ2v) is 16.9. The van der Waals surface area contributed by atoms with Crippen molar-refractivity contribution in [1.29, 1.82) is 0 Å². The molecular weight excluding hydrogens is 567 g/mol. The lowest BCUT2D eigenvalue weighted by molar-refractivity contribution is 0.669. The van der Waals surface area contributed by atoms with Crippen molar-refractivity contribution in [2.24, 2.45) is 0 Å². The van der Waals surface area contributed by atoms with E-state index in [9.17, 15) is 0 Å². The van der Waals surface area contributed by atoms with Gasteiger partial charge >= 0.3 is 0 Å². The largest absolute Gasteiger partial charge is 0.456 e. The number of hydrogen-bond acceptors (Lipinski definition) is 3. The van der Waals surface area contributed by atoms with Crippen LogP contribution in [0.3, 0.4) is 0 Å². The third-order valence-electron chi connectivity index (χ3n) is 9.79. The second kappa shape index (κ2) is 8.77. The zero-order valence-corrected chi connectivity index (χ0v) is 25.9. The van der Waals surface area contributed by atoms with Crippen molar-refractivity contribution in [2.45, 2.75) is 13.1 Å². The first-order valence-electron chi connectivity index (χ1n) is 15.4. The van der Waals surface area contributed by atoms with Crippen LogP contribution in [0.25, 0.3) is 83.0 Å². The lowest BCUT2D eigenvalue weighted by atomic mass is 10.0. The average molecular weight is 594 g/mol. The molecule has 0 saturated carbocycles. The van der Waals surface area contributed by atoms with E-state index in [4.69, 9.17) is 14.4 Å². The Kier molecular flexibility index (Phi) is 4.85. The van der Waals surface area contributed by atoms with Gasteiger partial charge in [0.15, 0.2) is 0 Å². The number of aromatic nitrogens is 3. The highest BCUT2D eigenvalue weighted by Crippen LogP contribution is 2.41. The van der Waals surface area contributed by atoms with Crippen LogP contribution in [0.5, 0.6) is 0 Å². The molecule has 4 nitrogen and oxygen atoms in total. The number of hydrogen-bond donors (Lipinski definition) is 0. The summed E-state index contributed by atoms with van der Waals surface area (Å²) in [6, 6.07) is 45.2. The van der Waals surface area contributed by atoms with Gasteiger partial charge in [0.25, 0.3) is 0 Å². The SMILES string of the molecule is C[Si]1(C)c2ccccc2-c2ccc3c(-c4ccccc4)nc(-n4c5ccccc5c5ccc6oc7ccccc7c6c54)nc3c21. The molecule has 10 rings (SSSR count). The molecule has 0 unspecified atom stereocenters. The van der Waals surface area contributed by atoms with E-state index in [0.717, 1.165) is 60.5 Å². The molecular formula is C40H27N3OSi. The molecule has 6 aromatic carbocycles. The van der Waals surface area contributed by atoms with Crippen LogP contribution in [0, 0.1) is 0 Å². The zero-order valence-electron chi connectivity index (χ0n) is 24.9. The smallest absolute Gasteiger partial charge is 0.235 e. The fraction of sp³-hybridized carbons (Fsp3) is 0.0500. The number of furan rings is 1. The predicted molar refractivity (Wildman–Crippen MR) is 189 cm³/mol. The summed E-state index contributed by atoms with van der Waals surface area (Å²) in [5.41, 5.74) is 9.64. The van der Waals surface area contributed by atoms with Crippen LogP contribution >= 0.6 is 0 Å². The van der Waals surface area contributed by atoms with E-state index in [2.05, 4.69) is 133 Å². The van der Waals surface area contributed by atoms with Crippen molar-refractivity contribution in [3.05, 3.63) is 127 Å². The first-order valence-corrected chi connectivity index (χ1v) is 18.4. The van der Waals surface area contributed by atoms with Crippen molar-refractivity contribution in [1.82, 2.24) is 14.5 Å². The van der Waals surface area contributed by atoms with Gasteiger partial charge in [-0.3, -0.25) is 4.57 Å². The van der Waals surface area contributed by atoms with E-state index >= 15 is 0 Å². The van der Waals surface area contributed by atoms with E-state index < -0.39 is 8.07 Å². The first kappa shape index (κ1) is 24.9. The van der Waals surface area contributed by atoms with Gasteiger partial charge in [-0.15, -0.1) is 0 Å². The summed E-state index contributed by atoms with van der Waals surface area (Å²) in [4.78, 5) is 11.0. The molecule has 0 N–H and O–H groups in total. The average Bonchev–Trinajstić information content (AvgIpc) is 3.70. The van der Waals surface area contributed by atoms with Crippen molar-refractivity contribution >= 4 is 73.1 Å². The molecule has 1 aliphatic heterocycles. The maximum Gasteiger partial charge on any atom is 0.235 e. The molecule has 0 spiro atoms. The molecule has 0 amide bonds. The van der Waals surface area contributed by atoms with Crippen molar-refractivity contribution in [2.75, 3.05) is 0 Å². The summed E-state index contributed by atoms with van der Waals surface area (Å²) in [7, 11) is -2.07. The molecule has 9 aromatic rings. The number of benzene rings is 6. The van der Waals surface area contributed by atoms with Crippen LogP contribution in [0.4, 0.5) is 0 Å². The fourth-order valence-electron chi connectivity index (χ4n) is 7.83. The Hall–Kier alpha value is -5.52. The normalized spacial score (nSPS) is 13.7. The summed E-state index contributed by atoms with van der Waals surface area (Å²) in [5, 5.41) is 8.47. The molecule has 0 radical (unpaired) electrons. The third-order valence-corrected chi connectivity index (χ3v) is 13.3. The van der Waals surface area contributed by atoms with Crippen LogP contribution in [-0.2, 0) is 0 Å². The van der Waals surface area contributed by atoms with E-state index in [1.54, 1.807) is 0 Å². The molecule has 4 heterocycles. The highest BCUT2D eigenvalue weighted by molar-refractivity contribution is 7.05. The van der Waals surface area contributed by atoms with Crippen molar-refractivity contribution < 1.29 is 4.42 Å². The highest BCUT2D eigenvalue weighted by Gasteiger charge is 2.39. The fourth-order valence-corrected chi connectivity index (χ4v) is 11.2.